The number of hydrogen-bond acceptors (Lipinski definition) is 0. The molecule has 0 aliphatic carbocycles. The predicted octanol–water partition coefficient (Wildman–Crippen LogP) is 19.1. The van der Waals surface area contributed by atoms with Gasteiger partial charge in [0, 0.05) is 11.1 Å². The Morgan fingerprint density at radius 2 is 0.836 bits per heavy atom. The lowest BCUT2D eigenvalue weighted by atomic mass is 9.93. The van der Waals surface area contributed by atoms with Crippen molar-refractivity contribution in [1.82, 2.24) is 0 Å². The highest BCUT2D eigenvalue weighted by Gasteiger charge is 2.50. The van der Waals surface area contributed by atoms with Crippen LogP contribution >= 0.6 is 0 Å². The molecule has 0 aliphatic heterocycles. The van der Waals surface area contributed by atoms with Crippen LogP contribution < -0.4 is 10.4 Å². The van der Waals surface area contributed by atoms with Crippen molar-refractivity contribution in [2.75, 3.05) is 0 Å². The Kier molecular flexibility index (Phi) is 18.9. The first-order chi connectivity index (χ1) is 31.1. The van der Waals surface area contributed by atoms with Gasteiger partial charge in [0.05, 0.1) is 16.1 Å². The van der Waals surface area contributed by atoms with E-state index in [1.807, 2.05) is 0 Å². The molecule has 67 heavy (non-hydrogen) atoms. The molecule has 0 fully saturated rings. The molecule has 4 aromatic rings. The number of hydrogen-bond donors (Lipinski definition) is 0. The summed E-state index contributed by atoms with van der Waals surface area (Å²) >= 11 is 0. The molecular weight excluding hydrogens is 869 g/mol. The summed E-state index contributed by atoms with van der Waals surface area (Å²) < 4.78 is 0. The van der Waals surface area contributed by atoms with Crippen molar-refractivity contribution in [2.24, 2.45) is 0 Å². The number of rotatable bonds is 17. The molecule has 0 heterocycles. The van der Waals surface area contributed by atoms with E-state index in [0.717, 1.165) is 6.42 Å². The van der Waals surface area contributed by atoms with Crippen LogP contribution in [0, 0.1) is 36.8 Å². The van der Waals surface area contributed by atoms with E-state index in [2.05, 4.69) is 251 Å². The zero-order valence-corrected chi connectivity index (χ0v) is 52.0. The Bertz CT molecular complexity index is 2370. The number of fused-ring (bicyclic) bond motifs is 2. The molecule has 0 saturated carbocycles. The first kappa shape index (κ1) is 57.0. The van der Waals surface area contributed by atoms with Crippen LogP contribution in [-0.2, 0) is 6.42 Å². The maximum Gasteiger partial charge on any atom is 0.146 e. The van der Waals surface area contributed by atoms with Gasteiger partial charge in [-0.1, -0.05) is 224 Å². The van der Waals surface area contributed by atoms with Crippen LogP contribution in [0.15, 0.2) is 54.6 Å². The number of aryl methyl sites for hydroxylation is 3. The fourth-order valence-electron chi connectivity index (χ4n) is 15.9. The van der Waals surface area contributed by atoms with Crippen molar-refractivity contribution in [3.8, 4) is 22.9 Å². The van der Waals surface area contributed by atoms with Crippen molar-refractivity contribution < 1.29 is 0 Å². The Morgan fingerprint density at radius 3 is 1.27 bits per heavy atom. The van der Waals surface area contributed by atoms with Crippen LogP contribution in [0.5, 0.6) is 0 Å². The Hall–Kier alpha value is -2.61. The molecule has 0 nitrogen and oxygen atoms in total. The molecule has 0 N–H and O–H groups in total. The van der Waals surface area contributed by atoms with Gasteiger partial charge < -0.3 is 0 Å². The van der Waals surface area contributed by atoms with E-state index in [9.17, 15) is 0 Å². The summed E-state index contributed by atoms with van der Waals surface area (Å²) in [6.45, 7) is 62.1. The third-order valence-electron chi connectivity index (χ3n) is 18.5. The van der Waals surface area contributed by atoms with E-state index in [1.165, 1.54) is 39.4 Å². The van der Waals surface area contributed by atoms with Crippen molar-refractivity contribution in [3.05, 3.63) is 82.4 Å². The fourth-order valence-corrected chi connectivity index (χ4v) is 40.6. The third-order valence-corrected chi connectivity index (χ3v) is 45.5. The molecule has 0 amide bonds. The molecule has 0 spiro atoms. The molecular formula is C63H100Si4. The Morgan fingerprint density at radius 1 is 0.403 bits per heavy atom. The number of benzene rings is 4. The highest BCUT2D eigenvalue weighted by Crippen LogP contribution is 2.48. The first-order valence-electron chi connectivity index (χ1n) is 27.2. The highest BCUT2D eigenvalue weighted by atomic mass is 28.3. The largest absolute Gasteiger partial charge is 0.146 e. The third kappa shape index (κ3) is 10.0. The SMILES string of the molecule is Cc1cc(C#C[Si](C(C)C)(C(C)C)C(C)C)c2cc(CCC(C)[Si](c3cc(C)c([Si](C(C)C)(C(C)C)C(C)C)c4ccccc34)(C(C)C)C(C)C)ccc2c1C#C[Si](C(C)C)(C(C)C)C(C)C. The van der Waals surface area contributed by atoms with Gasteiger partial charge >= 0.3 is 0 Å². The quantitative estimate of drug-likeness (QED) is 0.0731. The van der Waals surface area contributed by atoms with E-state index < -0.39 is 32.3 Å². The van der Waals surface area contributed by atoms with Crippen LogP contribution in [0.3, 0.4) is 0 Å². The minimum Gasteiger partial charge on any atom is -0.125 e. The highest BCUT2D eigenvalue weighted by molar-refractivity contribution is 6.99. The van der Waals surface area contributed by atoms with Crippen LogP contribution in [0.1, 0.15) is 193 Å². The lowest BCUT2D eigenvalue weighted by Crippen LogP contribution is -2.60. The van der Waals surface area contributed by atoms with E-state index in [1.54, 1.807) is 26.7 Å². The van der Waals surface area contributed by atoms with Gasteiger partial charge in [0.25, 0.3) is 0 Å². The molecule has 0 saturated heterocycles. The minimum atomic E-state index is -2.16. The zero-order valence-electron chi connectivity index (χ0n) is 48.0. The van der Waals surface area contributed by atoms with Crippen molar-refractivity contribution in [2.45, 2.75) is 252 Å². The molecule has 368 valence electrons. The zero-order chi connectivity index (χ0) is 50.9. The van der Waals surface area contributed by atoms with Crippen molar-refractivity contribution in [1.29, 1.82) is 0 Å². The Labute approximate surface area is 419 Å². The van der Waals surface area contributed by atoms with E-state index in [-0.39, 0.29) is 0 Å². The average Bonchev–Trinajstić information content (AvgIpc) is 3.21. The van der Waals surface area contributed by atoms with Gasteiger partial charge in [-0.25, -0.2) is 0 Å². The maximum absolute atomic E-state index is 4.14. The normalized spacial score (nSPS) is 13.9. The van der Waals surface area contributed by atoms with Gasteiger partial charge in [-0.05, 0) is 143 Å². The van der Waals surface area contributed by atoms with Gasteiger partial charge in [0.15, 0.2) is 0 Å². The van der Waals surface area contributed by atoms with Gasteiger partial charge in [0.2, 0.25) is 0 Å². The molecule has 0 aromatic heterocycles. The predicted molar refractivity (Wildman–Crippen MR) is 317 cm³/mol. The molecule has 4 heteroatoms. The second kappa shape index (κ2) is 22.2. The summed E-state index contributed by atoms with van der Waals surface area (Å²) in [5, 5.41) is 9.18. The van der Waals surface area contributed by atoms with Crippen molar-refractivity contribution >= 4 is 64.2 Å². The first-order valence-corrected chi connectivity index (χ1v) is 36.2. The molecule has 0 aliphatic rings. The molecule has 1 unspecified atom stereocenters. The monoisotopic (exact) mass is 969 g/mol. The second-order valence-corrected chi connectivity index (χ2v) is 47.7. The van der Waals surface area contributed by atoms with Gasteiger partial charge in [-0.2, -0.15) is 0 Å². The summed E-state index contributed by atoms with van der Waals surface area (Å²) in [4.78, 5) is 0. The summed E-state index contributed by atoms with van der Waals surface area (Å²) in [5.74, 6) is 7.93. The minimum absolute atomic E-state index is 0.587. The molecule has 4 rings (SSSR count). The van der Waals surface area contributed by atoms with E-state index in [0.29, 0.717) is 66.5 Å². The lowest BCUT2D eigenvalue weighted by Gasteiger charge is -2.48. The van der Waals surface area contributed by atoms with Crippen LogP contribution in [0.2, 0.25) is 66.5 Å². The van der Waals surface area contributed by atoms with Gasteiger partial charge in [-0.15, -0.1) is 11.1 Å². The van der Waals surface area contributed by atoms with Crippen LogP contribution in [0.4, 0.5) is 0 Å². The van der Waals surface area contributed by atoms with E-state index >= 15 is 0 Å². The topological polar surface area (TPSA) is 0 Å². The van der Waals surface area contributed by atoms with Crippen LogP contribution in [-0.4, -0.2) is 32.3 Å². The van der Waals surface area contributed by atoms with Crippen LogP contribution in [0.25, 0.3) is 21.5 Å². The van der Waals surface area contributed by atoms with Gasteiger partial charge in [0.1, 0.15) is 16.1 Å². The maximum atomic E-state index is 4.14. The smallest absolute Gasteiger partial charge is 0.125 e. The standard InChI is InChI=1S/C63H100Si4/c1-41(2)64(42(3)4,43(5)6)36-34-56-38-52(23)57(35-37-65(44(7)8,45(9)10)46(11)12)58-33-32-55(40-61(56)58)31-30-54(25)67(50(19)20,51(21)22)62-39-53(24)63(60-29-27-26-28-59(60)62)66(47(13)14,48(15)16)49(17)18/h26-29,32-33,38-51,54H,30-31H2,1-25H3. The Balaban J connectivity index is 2.01. The fraction of sp³-hybridized carbons (Fsp3) is 0.619. The van der Waals surface area contributed by atoms with Gasteiger partial charge in [-0.3, -0.25) is 0 Å². The summed E-state index contributed by atoms with van der Waals surface area (Å²) in [7, 11) is -7.99. The molecule has 0 bridgehead atoms. The second-order valence-electron chi connectivity index (χ2n) is 25.0. The molecule has 1 atom stereocenters. The summed E-state index contributed by atoms with van der Waals surface area (Å²) in [5.41, 5.74) is 22.3. The van der Waals surface area contributed by atoms with E-state index in [4.69, 9.17) is 0 Å². The summed E-state index contributed by atoms with van der Waals surface area (Å²) in [6, 6.07) is 22.3. The average molecular weight is 970 g/mol. The van der Waals surface area contributed by atoms with Crippen molar-refractivity contribution in [3.63, 3.8) is 0 Å². The molecule has 4 aromatic carbocycles. The lowest BCUT2D eigenvalue weighted by molar-refractivity contribution is 0.723. The summed E-state index contributed by atoms with van der Waals surface area (Å²) in [6.07, 6.45) is 2.25. The molecule has 0 radical (unpaired) electrons.